The third-order valence-electron chi connectivity index (χ3n) is 6.31. The SMILES string of the molecule is CCCCCCCCOc1ccc(Cl)cc1C=C1C(=O)N(c2ccccc2)C(=O)N(c2ccccc2)C1=O. The molecular formula is C31H31ClN2O4. The van der Waals surface area contributed by atoms with Crippen molar-refractivity contribution >= 4 is 46.9 Å². The molecule has 1 saturated heterocycles. The molecule has 3 aromatic carbocycles. The number of unbranched alkanes of at least 4 members (excludes halogenated alkanes) is 5. The van der Waals surface area contributed by atoms with E-state index in [1.165, 1.54) is 25.3 Å². The molecule has 4 rings (SSSR count). The zero-order valence-electron chi connectivity index (χ0n) is 21.4. The lowest BCUT2D eigenvalue weighted by Gasteiger charge is -2.34. The van der Waals surface area contributed by atoms with Crippen LogP contribution in [0, 0.1) is 0 Å². The van der Waals surface area contributed by atoms with Crippen LogP contribution >= 0.6 is 11.6 Å². The first-order chi connectivity index (χ1) is 18.5. The molecule has 0 unspecified atom stereocenters. The Morgan fingerprint density at radius 2 is 1.29 bits per heavy atom. The molecule has 6 nitrogen and oxygen atoms in total. The third kappa shape index (κ3) is 6.32. The molecule has 0 saturated carbocycles. The fourth-order valence-corrected chi connectivity index (χ4v) is 4.50. The van der Waals surface area contributed by atoms with Crippen LogP contribution in [0.15, 0.2) is 84.4 Å². The van der Waals surface area contributed by atoms with Gasteiger partial charge in [-0.05, 0) is 55.0 Å². The quantitative estimate of drug-likeness (QED) is 0.145. The second-order valence-corrected chi connectivity index (χ2v) is 9.53. The molecule has 0 aromatic heterocycles. The van der Waals surface area contributed by atoms with E-state index in [9.17, 15) is 14.4 Å². The average Bonchev–Trinajstić information content (AvgIpc) is 2.93. The highest BCUT2D eigenvalue weighted by Crippen LogP contribution is 2.32. The van der Waals surface area contributed by atoms with Crippen LogP contribution in [-0.2, 0) is 9.59 Å². The minimum absolute atomic E-state index is 0.163. The van der Waals surface area contributed by atoms with E-state index < -0.39 is 17.8 Å². The summed E-state index contributed by atoms with van der Waals surface area (Å²) in [7, 11) is 0. The summed E-state index contributed by atoms with van der Waals surface area (Å²) in [4.78, 5) is 42.8. The standard InChI is InChI=1S/C31H31ClN2O4/c1-2-3-4-5-6-13-20-38-28-19-18-24(32)21-23(28)22-27-29(35)33(25-14-9-7-10-15-25)31(37)34(30(27)36)26-16-11-8-12-17-26/h7-12,14-19,21-22H,2-6,13,20H2,1H3. The summed E-state index contributed by atoms with van der Waals surface area (Å²) in [6.45, 7) is 2.70. The number of ether oxygens (including phenoxy) is 1. The number of carbonyl (C=O) groups excluding carboxylic acids is 3. The van der Waals surface area contributed by atoms with Crippen molar-refractivity contribution in [2.75, 3.05) is 16.4 Å². The smallest absolute Gasteiger partial charge is 0.343 e. The summed E-state index contributed by atoms with van der Waals surface area (Å²) < 4.78 is 6.03. The Morgan fingerprint density at radius 3 is 1.87 bits per heavy atom. The van der Waals surface area contributed by atoms with E-state index in [1.54, 1.807) is 78.9 Å². The van der Waals surface area contributed by atoms with Crippen molar-refractivity contribution in [3.63, 3.8) is 0 Å². The van der Waals surface area contributed by atoms with Crippen LogP contribution in [0.5, 0.6) is 5.75 Å². The number of benzene rings is 3. The Bertz CT molecular complexity index is 1240. The van der Waals surface area contributed by atoms with Crippen molar-refractivity contribution in [3.8, 4) is 5.75 Å². The molecule has 0 aliphatic carbocycles. The molecule has 4 amide bonds. The number of urea groups is 1. The van der Waals surface area contributed by atoms with E-state index in [4.69, 9.17) is 16.3 Å². The van der Waals surface area contributed by atoms with Gasteiger partial charge in [-0.2, -0.15) is 0 Å². The van der Waals surface area contributed by atoms with Crippen LogP contribution in [-0.4, -0.2) is 24.5 Å². The minimum atomic E-state index is -0.736. The number of anilines is 2. The van der Waals surface area contributed by atoms with Gasteiger partial charge in [0, 0.05) is 10.6 Å². The molecule has 0 atom stereocenters. The van der Waals surface area contributed by atoms with Crippen molar-refractivity contribution in [2.45, 2.75) is 45.4 Å². The molecule has 1 aliphatic heterocycles. The second kappa shape index (κ2) is 13.1. The first kappa shape index (κ1) is 27.1. The van der Waals surface area contributed by atoms with Gasteiger partial charge in [-0.15, -0.1) is 0 Å². The van der Waals surface area contributed by atoms with Crippen molar-refractivity contribution in [1.29, 1.82) is 0 Å². The molecule has 196 valence electrons. The van der Waals surface area contributed by atoms with Crippen LogP contribution in [0.3, 0.4) is 0 Å². The van der Waals surface area contributed by atoms with Gasteiger partial charge in [-0.25, -0.2) is 14.6 Å². The molecule has 0 spiro atoms. The van der Waals surface area contributed by atoms with E-state index in [2.05, 4.69) is 6.92 Å². The molecule has 0 bridgehead atoms. The number of hydrogen-bond acceptors (Lipinski definition) is 4. The maximum atomic E-state index is 13.6. The van der Waals surface area contributed by atoms with E-state index in [1.807, 2.05) is 0 Å². The zero-order chi connectivity index (χ0) is 26.9. The Hall–Kier alpha value is -3.90. The highest BCUT2D eigenvalue weighted by Gasteiger charge is 2.43. The Morgan fingerprint density at radius 1 is 0.737 bits per heavy atom. The number of carbonyl (C=O) groups is 3. The molecule has 1 aliphatic rings. The summed E-state index contributed by atoms with van der Waals surface area (Å²) >= 11 is 6.28. The molecule has 7 heteroatoms. The van der Waals surface area contributed by atoms with Crippen LogP contribution in [0.2, 0.25) is 5.02 Å². The van der Waals surface area contributed by atoms with Gasteiger partial charge >= 0.3 is 6.03 Å². The maximum Gasteiger partial charge on any atom is 0.343 e. The van der Waals surface area contributed by atoms with Crippen molar-refractivity contribution in [1.82, 2.24) is 0 Å². The predicted molar refractivity (Wildman–Crippen MR) is 152 cm³/mol. The fourth-order valence-electron chi connectivity index (χ4n) is 4.32. The van der Waals surface area contributed by atoms with Crippen LogP contribution in [0.25, 0.3) is 6.08 Å². The summed E-state index contributed by atoms with van der Waals surface area (Å²) in [5, 5.41) is 0.440. The van der Waals surface area contributed by atoms with Gasteiger partial charge in [0.25, 0.3) is 11.8 Å². The van der Waals surface area contributed by atoms with Gasteiger partial charge in [0.15, 0.2) is 0 Å². The number of amides is 4. The number of rotatable bonds is 11. The summed E-state index contributed by atoms with van der Waals surface area (Å²) in [5.74, 6) is -0.897. The monoisotopic (exact) mass is 530 g/mol. The molecule has 0 N–H and O–H groups in total. The topological polar surface area (TPSA) is 66.9 Å². The number of hydrogen-bond donors (Lipinski definition) is 0. The van der Waals surface area contributed by atoms with Crippen molar-refractivity contribution in [3.05, 3.63) is 95.0 Å². The number of halogens is 1. The van der Waals surface area contributed by atoms with Crippen LogP contribution < -0.4 is 14.5 Å². The summed E-state index contributed by atoms with van der Waals surface area (Å²) in [6, 6.07) is 21.5. The van der Waals surface area contributed by atoms with Gasteiger partial charge in [0.1, 0.15) is 11.3 Å². The van der Waals surface area contributed by atoms with Gasteiger partial charge in [0.2, 0.25) is 0 Å². The Balaban J connectivity index is 1.67. The van der Waals surface area contributed by atoms with Crippen molar-refractivity contribution in [2.24, 2.45) is 0 Å². The summed E-state index contributed by atoms with van der Waals surface area (Å²) in [5.41, 5.74) is 1.07. The zero-order valence-corrected chi connectivity index (χ0v) is 22.2. The highest BCUT2D eigenvalue weighted by atomic mass is 35.5. The van der Waals surface area contributed by atoms with Crippen LogP contribution in [0.1, 0.15) is 51.0 Å². The lowest BCUT2D eigenvalue weighted by Crippen LogP contribution is -2.57. The number of nitrogens with zero attached hydrogens (tertiary/aromatic N) is 2. The third-order valence-corrected chi connectivity index (χ3v) is 6.54. The largest absolute Gasteiger partial charge is 0.493 e. The average molecular weight is 531 g/mol. The minimum Gasteiger partial charge on any atom is -0.493 e. The predicted octanol–water partition coefficient (Wildman–Crippen LogP) is 7.66. The Labute approximate surface area is 228 Å². The number of para-hydroxylation sites is 2. The van der Waals surface area contributed by atoms with E-state index in [0.717, 1.165) is 29.1 Å². The van der Waals surface area contributed by atoms with E-state index in [0.29, 0.717) is 34.3 Å². The van der Waals surface area contributed by atoms with Crippen LogP contribution in [0.4, 0.5) is 16.2 Å². The van der Waals surface area contributed by atoms with E-state index in [-0.39, 0.29) is 5.57 Å². The van der Waals surface area contributed by atoms with Crippen molar-refractivity contribution < 1.29 is 19.1 Å². The normalized spacial score (nSPS) is 13.7. The van der Waals surface area contributed by atoms with Gasteiger partial charge < -0.3 is 4.74 Å². The maximum absolute atomic E-state index is 13.6. The number of barbiturate groups is 1. The molecule has 1 fully saturated rings. The molecular weight excluding hydrogens is 500 g/mol. The van der Waals surface area contributed by atoms with Gasteiger partial charge in [-0.3, -0.25) is 9.59 Å². The molecule has 38 heavy (non-hydrogen) atoms. The number of imide groups is 2. The second-order valence-electron chi connectivity index (χ2n) is 9.09. The molecule has 1 heterocycles. The lowest BCUT2D eigenvalue weighted by atomic mass is 10.0. The lowest BCUT2D eigenvalue weighted by molar-refractivity contribution is -0.121. The van der Waals surface area contributed by atoms with E-state index >= 15 is 0 Å². The van der Waals surface area contributed by atoms with Gasteiger partial charge in [0.05, 0.1) is 18.0 Å². The first-order valence-electron chi connectivity index (χ1n) is 13.0. The summed E-state index contributed by atoms with van der Waals surface area (Å²) in [6.07, 6.45) is 8.25. The highest BCUT2D eigenvalue weighted by molar-refractivity contribution is 6.46. The first-order valence-corrected chi connectivity index (χ1v) is 13.4. The fraction of sp³-hybridized carbons (Fsp3) is 0.258. The van der Waals surface area contributed by atoms with Gasteiger partial charge in [-0.1, -0.05) is 87.0 Å². The molecule has 3 aromatic rings. The molecule has 0 radical (unpaired) electrons. The Kier molecular flexibility index (Phi) is 9.33.